The topological polar surface area (TPSA) is 121 Å². The van der Waals surface area contributed by atoms with Crippen LogP contribution < -0.4 is 11.4 Å². The highest BCUT2D eigenvalue weighted by molar-refractivity contribution is 5.79. The Morgan fingerprint density at radius 1 is 1.37 bits per heavy atom. The van der Waals surface area contributed by atoms with Crippen molar-refractivity contribution in [3.63, 3.8) is 0 Å². The van der Waals surface area contributed by atoms with Gasteiger partial charge in [-0.2, -0.15) is 0 Å². The second-order valence-corrected chi connectivity index (χ2v) is 4.82. The Labute approximate surface area is 107 Å². The molecule has 1 saturated heterocycles. The minimum absolute atomic E-state index is 0.102. The maximum absolute atomic E-state index is 11.4. The van der Waals surface area contributed by atoms with E-state index in [0.717, 1.165) is 0 Å². The molecule has 0 spiro atoms. The number of imidazole rings is 1. The van der Waals surface area contributed by atoms with Gasteiger partial charge in [-0.25, -0.2) is 4.79 Å². The van der Waals surface area contributed by atoms with Crippen molar-refractivity contribution in [1.29, 1.82) is 0 Å². The summed E-state index contributed by atoms with van der Waals surface area (Å²) in [6.07, 6.45) is 0. The average Bonchev–Trinajstić information content (AvgIpc) is 2.65. The molecule has 0 radical (unpaired) electrons. The Bertz CT molecular complexity index is 698. The van der Waals surface area contributed by atoms with Crippen LogP contribution in [0.3, 0.4) is 0 Å². The van der Waals surface area contributed by atoms with Gasteiger partial charge in [0.15, 0.2) is 0 Å². The maximum Gasteiger partial charge on any atom is 0.323 e. The predicted molar refractivity (Wildman–Crippen MR) is 66.7 cm³/mol. The molecule has 5 N–H and O–H groups in total. The summed E-state index contributed by atoms with van der Waals surface area (Å²) in [5, 5.41) is 9.31. The largest absolute Gasteiger partial charge is 0.481 e. The SMILES string of the molecule is NC(c1ccc2[nH]c(=O)[nH]c2c1)C1(C(=O)O)COC1. The number of nitrogens with two attached hydrogens (primary N) is 1. The van der Waals surface area contributed by atoms with Crippen molar-refractivity contribution < 1.29 is 14.6 Å². The van der Waals surface area contributed by atoms with E-state index in [1.807, 2.05) is 0 Å². The number of nitrogens with one attached hydrogen (secondary N) is 2. The van der Waals surface area contributed by atoms with Crippen molar-refractivity contribution in [2.75, 3.05) is 13.2 Å². The third-order valence-electron chi connectivity index (χ3n) is 3.64. The summed E-state index contributed by atoms with van der Waals surface area (Å²) in [4.78, 5) is 27.8. The summed E-state index contributed by atoms with van der Waals surface area (Å²) in [5.74, 6) is -0.964. The molecule has 1 fully saturated rings. The van der Waals surface area contributed by atoms with Crippen molar-refractivity contribution in [2.45, 2.75) is 6.04 Å². The van der Waals surface area contributed by atoms with Crippen molar-refractivity contribution in [3.8, 4) is 0 Å². The molecule has 0 saturated carbocycles. The number of carboxylic acids is 1. The van der Waals surface area contributed by atoms with Gasteiger partial charge in [-0.3, -0.25) is 4.79 Å². The Morgan fingerprint density at radius 3 is 2.63 bits per heavy atom. The second kappa shape index (κ2) is 3.94. The van der Waals surface area contributed by atoms with Crippen LogP contribution in [0.1, 0.15) is 11.6 Å². The van der Waals surface area contributed by atoms with E-state index in [0.29, 0.717) is 16.6 Å². The van der Waals surface area contributed by atoms with E-state index in [1.54, 1.807) is 18.2 Å². The van der Waals surface area contributed by atoms with E-state index in [4.69, 9.17) is 10.5 Å². The number of aliphatic carboxylic acids is 1. The third-order valence-corrected chi connectivity index (χ3v) is 3.64. The highest BCUT2D eigenvalue weighted by Gasteiger charge is 2.51. The molecule has 1 aromatic carbocycles. The molecule has 1 atom stereocenters. The van der Waals surface area contributed by atoms with Gasteiger partial charge in [0.25, 0.3) is 0 Å². The second-order valence-electron chi connectivity index (χ2n) is 4.82. The Morgan fingerprint density at radius 2 is 2.05 bits per heavy atom. The third kappa shape index (κ3) is 1.66. The van der Waals surface area contributed by atoms with E-state index in [2.05, 4.69) is 9.97 Å². The number of benzene rings is 1. The lowest BCUT2D eigenvalue weighted by atomic mass is 9.75. The predicted octanol–water partition coefficient (Wildman–Crippen LogP) is -0.0428. The van der Waals surface area contributed by atoms with E-state index < -0.39 is 17.4 Å². The number of carboxylic acid groups (broad SMARTS) is 1. The van der Waals surface area contributed by atoms with Gasteiger partial charge < -0.3 is 25.5 Å². The molecule has 1 unspecified atom stereocenters. The molecule has 2 heterocycles. The zero-order chi connectivity index (χ0) is 13.6. The van der Waals surface area contributed by atoms with Crippen molar-refractivity contribution in [2.24, 2.45) is 11.1 Å². The number of hydrogen-bond donors (Lipinski definition) is 4. The van der Waals surface area contributed by atoms with Gasteiger partial charge in [-0.15, -0.1) is 0 Å². The molecule has 100 valence electrons. The number of H-pyrrole nitrogens is 2. The molecule has 19 heavy (non-hydrogen) atoms. The Balaban J connectivity index is 2.03. The number of carbonyl (C=O) groups is 1. The van der Waals surface area contributed by atoms with Crippen LogP contribution in [-0.4, -0.2) is 34.3 Å². The summed E-state index contributed by atoms with van der Waals surface area (Å²) < 4.78 is 5.01. The van der Waals surface area contributed by atoms with Crippen LogP contribution >= 0.6 is 0 Å². The maximum atomic E-state index is 11.4. The smallest absolute Gasteiger partial charge is 0.323 e. The minimum atomic E-state index is -1.08. The minimum Gasteiger partial charge on any atom is -0.481 e. The Hall–Kier alpha value is -2.12. The van der Waals surface area contributed by atoms with Gasteiger partial charge in [0.1, 0.15) is 5.41 Å². The first-order valence-corrected chi connectivity index (χ1v) is 5.82. The standard InChI is InChI=1S/C12H13N3O4/c13-9(12(10(16)17)4-19-5-12)6-1-2-7-8(3-6)15-11(18)14-7/h1-3,9H,4-5,13H2,(H,16,17)(H2,14,15,18). The van der Waals surface area contributed by atoms with Crippen molar-refractivity contribution in [1.82, 2.24) is 9.97 Å². The summed E-state index contributed by atoms with van der Waals surface area (Å²) in [6.45, 7) is 0.205. The molecule has 0 bridgehead atoms. The van der Waals surface area contributed by atoms with Crippen LogP contribution in [0.5, 0.6) is 0 Å². The van der Waals surface area contributed by atoms with Gasteiger partial charge in [0.05, 0.1) is 30.3 Å². The van der Waals surface area contributed by atoms with E-state index in [-0.39, 0.29) is 18.9 Å². The molecule has 7 heteroatoms. The lowest BCUT2D eigenvalue weighted by Crippen LogP contribution is -2.55. The normalized spacial score (nSPS) is 19.0. The van der Waals surface area contributed by atoms with Crippen LogP contribution in [0, 0.1) is 5.41 Å². The lowest BCUT2D eigenvalue weighted by molar-refractivity contribution is -0.184. The quantitative estimate of drug-likeness (QED) is 0.619. The number of fused-ring (bicyclic) bond motifs is 1. The summed E-state index contributed by atoms with van der Waals surface area (Å²) >= 11 is 0. The van der Waals surface area contributed by atoms with Crippen molar-refractivity contribution >= 4 is 17.0 Å². The molecule has 1 aromatic heterocycles. The van der Waals surface area contributed by atoms with Gasteiger partial charge in [-0.05, 0) is 17.7 Å². The highest BCUT2D eigenvalue weighted by atomic mass is 16.5. The zero-order valence-corrected chi connectivity index (χ0v) is 9.97. The molecule has 0 aliphatic carbocycles. The van der Waals surface area contributed by atoms with E-state index in [9.17, 15) is 14.7 Å². The molecule has 1 aliphatic rings. The van der Waals surface area contributed by atoms with Crippen LogP contribution in [-0.2, 0) is 9.53 Å². The zero-order valence-electron chi connectivity index (χ0n) is 9.97. The van der Waals surface area contributed by atoms with Crippen LogP contribution in [0.15, 0.2) is 23.0 Å². The summed E-state index contributed by atoms with van der Waals surface area (Å²) in [6, 6.07) is 4.44. The van der Waals surface area contributed by atoms with Crippen LogP contribution in [0.2, 0.25) is 0 Å². The lowest BCUT2D eigenvalue weighted by Gasteiger charge is -2.41. The van der Waals surface area contributed by atoms with Gasteiger partial charge >= 0.3 is 11.7 Å². The van der Waals surface area contributed by atoms with Crippen molar-refractivity contribution in [3.05, 3.63) is 34.2 Å². The first-order chi connectivity index (χ1) is 9.03. The van der Waals surface area contributed by atoms with E-state index in [1.165, 1.54) is 0 Å². The number of ether oxygens (including phenoxy) is 1. The van der Waals surface area contributed by atoms with Gasteiger partial charge in [0.2, 0.25) is 0 Å². The number of rotatable bonds is 3. The molecular weight excluding hydrogens is 250 g/mol. The monoisotopic (exact) mass is 263 g/mol. The van der Waals surface area contributed by atoms with Gasteiger partial charge in [0, 0.05) is 0 Å². The van der Waals surface area contributed by atoms with Crippen LogP contribution in [0.4, 0.5) is 0 Å². The number of aromatic amines is 2. The molecule has 7 nitrogen and oxygen atoms in total. The van der Waals surface area contributed by atoms with Crippen LogP contribution in [0.25, 0.3) is 11.0 Å². The number of aromatic nitrogens is 2. The molecule has 3 rings (SSSR count). The molecule has 0 amide bonds. The Kier molecular flexibility index (Phi) is 2.48. The highest BCUT2D eigenvalue weighted by Crippen LogP contribution is 2.39. The fourth-order valence-electron chi connectivity index (χ4n) is 2.32. The van der Waals surface area contributed by atoms with Gasteiger partial charge in [-0.1, -0.05) is 6.07 Å². The number of hydrogen-bond acceptors (Lipinski definition) is 4. The average molecular weight is 263 g/mol. The summed E-state index contributed by atoms with van der Waals surface area (Å²) in [5.41, 5.74) is 6.62. The first-order valence-electron chi connectivity index (χ1n) is 5.82. The summed E-state index contributed by atoms with van der Waals surface area (Å²) in [7, 11) is 0. The van der Waals surface area contributed by atoms with E-state index >= 15 is 0 Å². The fraction of sp³-hybridized carbons (Fsp3) is 0.333. The first kappa shape index (κ1) is 11.9. The molecular formula is C12H13N3O4. The molecule has 2 aromatic rings. The fourth-order valence-corrected chi connectivity index (χ4v) is 2.32. The molecule has 1 aliphatic heterocycles.